The first-order valence-corrected chi connectivity index (χ1v) is 4.21. The highest BCUT2D eigenvalue weighted by Crippen LogP contribution is 2.24. The Hall–Kier alpha value is -1.25. The smallest absolute Gasteiger partial charge is 0.333 e. The van der Waals surface area contributed by atoms with E-state index in [0.717, 1.165) is 0 Å². The Kier molecular flexibility index (Phi) is 2.76. The third-order valence-corrected chi connectivity index (χ3v) is 1.91. The van der Waals surface area contributed by atoms with Crippen LogP contribution in [0.25, 0.3) is 0 Å². The highest BCUT2D eigenvalue weighted by atomic mass is 16.6. The third kappa shape index (κ3) is 2.34. The van der Waals surface area contributed by atoms with Gasteiger partial charge in [-0.3, -0.25) is 0 Å². The summed E-state index contributed by atoms with van der Waals surface area (Å²) in [6.07, 6.45) is 0.271. The summed E-state index contributed by atoms with van der Waals surface area (Å²) in [7, 11) is 0. The second-order valence-corrected chi connectivity index (χ2v) is 3.29. The van der Waals surface area contributed by atoms with Crippen molar-refractivity contribution in [1.82, 2.24) is 0 Å². The van der Waals surface area contributed by atoms with Gasteiger partial charge in [-0.05, 0) is 13.8 Å². The Balaban J connectivity index is 2.50. The molecule has 0 aromatic rings. The van der Waals surface area contributed by atoms with E-state index < -0.39 is 0 Å². The van der Waals surface area contributed by atoms with Crippen molar-refractivity contribution in [2.24, 2.45) is 0 Å². The maximum Gasteiger partial charge on any atom is 0.333 e. The third-order valence-electron chi connectivity index (χ3n) is 1.91. The van der Waals surface area contributed by atoms with Crippen molar-refractivity contribution in [2.75, 3.05) is 0 Å². The molecule has 3 nitrogen and oxygen atoms in total. The van der Waals surface area contributed by atoms with E-state index in [1.165, 1.54) is 0 Å². The number of rotatable bonds is 2. The van der Waals surface area contributed by atoms with Gasteiger partial charge < -0.3 is 9.47 Å². The van der Waals surface area contributed by atoms with Crippen LogP contribution < -0.4 is 0 Å². The van der Waals surface area contributed by atoms with Crippen LogP contribution in [0.15, 0.2) is 24.5 Å². The molecular weight excluding hydrogens is 168 g/mol. The predicted molar refractivity (Wildman–Crippen MR) is 49.0 cm³/mol. The molecule has 13 heavy (non-hydrogen) atoms. The molecule has 0 saturated carbocycles. The number of ether oxygens (including phenoxy) is 2. The van der Waals surface area contributed by atoms with Crippen LogP contribution in [0.1, 0.15) is 20.3 Å². The van der Waals surface area contributed by atoms with Gasteiger partial charge in [-0.25, -0.2) is 4.79 Å². The standard InChI is InChI=1S/C10H14O3/c1-6(2)10(11)13-9-5-7(3)12-8(9)4/h8-9H,1,3,5H2,2,4H3. The van der Waals surface area contributed by atoms with Crippen LogP contribution in [0.3, 0.4) is 0 Å². The molecule has 2 atom stereocenters. The summed E-state index contributed by atoms with van der Waals surface area (Å²) in [5.74, 6) is 0.308. The lowest BCUT2D eigenvalue weighted by molar-refractivity contribution is -0.146. The first-order chi connectivity index (χ1) is 6.00. The molecule has 0 aromatic carbocycles. The Bertz CT molecular complexity index is 255. The Morgan fingerprint density at radius 3 is 2.69 bits per heavy atom. The van der Waals surface area contributed by atoms with E-state index in [0.29, 0.717) is 17.8 Å². The van der Waals surface area contributed by atoms with Crippen molar-refractivity contribution in [2.45, 2.75) is 32.5 Å². The van der Waals surface area contributed by atoms with E-state index in [9.17, 15) is 4.79 Å². The molecule has 0 N–H and O–H groups in total. The molecule has 1 aliphatic heterocycles. The van der Waals surface area contributed by atoms with Gasteiger partial charge in [-0.15, -0.1) is 0 Å². The second kappa shape index (κ2) is 3.64. The van der Waals surface area contributed by atoms with Crippen molar-refractivity contribution in [3.8, 4) is 0 Å². The Labute approximate surface area is 78.0 Å². The molecule has 1 heterocycles. The number of hydrogen-bond donors (Lipinski definition) is 0. The van der Waals surface area contributed by atoms with Crippen LogP contribution in [0.5, 0.6) is 0 Å². The zero-order valence-electron chi connectivity index (χ0n) is 8.00. The van der Waals surface area contributed by atoms with Gasteiger partial charge in [0.1, 0.15) is 12.2 Å². The fourth-order valence-corrected chi connectivity index (χ4v) is 1.15. The maximum atomic E-state index is 11.1. The lowest BCUT2D eigenvalue weighted by Crippen LogP contribution is -2.24. The molecule has 3 heteroatoms. The molecule has 1 fully saturated rings. The minimum absolute atomic E-state index is 0.101. The first-order valence-electron chi connectivity index (χ1n) is 4.21. The van der Waals surface area contributed by atoms with Crippen LogP contribution in [-0.4, -0.2) is 18.2 Å². The molecule has 0 radical (unpaired) electrons. The van der Waals surface area contributed by atoms with Crippen molar-refractivity contribution >= 4 is 5.97 Å². The highest BCUT2D eigenvalue weighted by molar-refractivity contribution is 5.87. The molecule has 0 aromatic heterocycles. The Morgan fingerprint density at radius 1 is 1.69 bits per heavy atom. The van der Waals surface area contributed by atoms with Crippen LogP contribution >= 0.6 is 0 Å². The summed E-state index contributed by atoms with van der Waals surface area (Å²) in [4.78, 5) is 11.1. The summed E-state index contributed by atoms with van der Waals surface area (Å²) in [6, 6.07) is 0. The van der Waals surface area contributed by atoms with Gasteiger partial charge in [-0.1, -0.05) is 13.2 Å². The van der Waals surface area contributed by atoms with E-state index in [1.54, 1.807) is 6.92 Å². The lowest BCUT2D eigenvalue weighted by Gasteiger charge is -2.14. The van der Waals surface area contributed by atoms with Crippen molar-refractivity contribution < 1.29 is 14.3 Å². The zero-order chi connectivity index (χ0) is 10.0. The second-order valence-electron chi connectivity index (χ2n) is 3.29. The van der Waals surface area contributed by atoms with Gasteiger partial charge in [0.05, 0.1) is 5.76 Å². The minimum atomic E-state index is -0.366. The monoisotopic (exact) mass is 182 g/mol. The maximum absolute atomic E-state index is 11.1. The van der Waals surface area contributed by atoms with Gasteiger partial charge in [0.25, 0.3) is 0 Å². The predicted octanol–water partition coefficient (Wildman–Crippen LogP) is 1.80. The molecule has 0 spiro atoms. The van der Waals surface area contributed by atoms with E-state index >= 15 is 0 Å². The lowest BCUT2D eigenvalue weighted by atomic mass is 10.2. The van der Waals surface area contributed by atoms with Crippen LogP contribution in [-0.2, 0) is 14.3 Å². The van der Waals surface area contributed by atoms with E-state index in [2.05, 4.69) is 13.2 Å². The average molecular weight is 182 g/mol. The van der Waals surface area contributed by atoms with E-state index in [1.807, 2.05) is 6.92 Å². The molecule has 2 unspecified atom stereocenters. The molecular formula is C10H14O3. The minimum Gasteiger partial charge on any atom is -0.492 e. The van der Waals surface area contributed by atoms with Gasteiger partial charge in [0.2, 0.25) is 0 Å². The fraction of sp³-hybridized carbons (Fsp3) is 0.500. The molecule has 0 amide bonds. The van der Waals surface area contributed by atoms with Gasteiger partial charge in [0.15, 0.2) is 0 Å². The van der Waals surface area contributed by atoms with Gasteiger partial charge >= 0.3 is 5.97 Å². The quantitative estimate of drug-likeness (QED) is 0.482. The summed E-state index contributed by atoms with van der Waals surface area (Å²) in [5, 5.41) is 0. The molecule has 1 rings (SSSR count). The number of carbonyl (C=O) groups is 1. The Morgan fingerprint density at radius 2 is 2.31 bits per heavy atom. The molecule has 1 aliphatic rings. The van der Waals surface area contributed by atoms with Gasteiger partial charge in [0, 0.05) is 12.0 Å². The number of carbonyl (C=O) groups excluding carboxylic acids is 1. The van der Waals surface area contributed by atoms with Crippen molar-refractivity contribution in [3.63, 3.8) is 0 Å². The van der Waals surface area contributed by atoms with Crippen LogP contribution in [0, 0.1) is 0 Å². The zero-order valence-corrected chi connectivity index (χ0v) is 8.00. The average Bonchev–Trinajstić information content (AvgIpc) is 2.30. The van der Waals surface area contributed by atoms with Crippen molar-refractivity contribution in [1.29, 1.82) is 0 Å². The number of hydrogen-bond acceptors (Lipinski definition) is 3. The molecule has 0 bridgehead atoms. The molecule has 1 saturated heterocycles. The van der Waals surface area contributed by atoms with E-state index in [4.69, 9.17) is 9.47 Å². The normalized spacial score (nSPS) is 26.8. The fourth-order valence-electron chi connectivity index (χ4n) is 1.15. The topological polar surface area (TPSA) is 35.5 Å². The highest BCUT2D eigenvalue weighted by Gasteiger charge is 2.30. The van der Waals surface area contributed by atoms with Crippen LogP contribution in [0.2, 0.25) is 0 Å². The number of esters is 1. The van der Waals surface area contributed by atoms with Crippen molar-refractivity contribution in [3.05, 3.63) is 24.5 Å². The summed E-state index contributed by atoms with van der Waals surface area (Å²) < 4.78 is 10.4. The van der Waals surface area contributed by atoms with Gasteiger partial charge in [-0.2, -0.15) is 0 Å². The van der Waals surface area contributed by atoms with Crippen LogP contribution in [0.4, 0.5) is 0 Å². The largest absolute Gasteiger partial charge is 0.492 e. The molecule has 72 valence electrons. The summed E-state index contributed by atoms with van der Waals surface area (Å²) in [5.41, 5.74) is 0.407. The first kappa shape index (κ1) is 9.84. The van der Waals surface area contributed by atoms with E-state index in [-0.39, 0.29) is 18.2 Å². The SMILES string of the molecule is C=C1CC(OC(=O)C(=C)C)C(C)O1. The summed E-state index contributed by atoms with van der Waals surface area (Å²) in [6.45, 7) is 10.7. The summed E-state index contributed by atoms with van der Waals surface area (Å²) >= 11 is 0. The molecule has 0 aliphatic carbocycles.